The van der Waals surface area contributed by atoms with Crippen molar-refractivity contribution in [2.45, 2.75) is 155 Å². The molecule has 0 amide bonds. The maximum atomic E-state index is 11.5. The van der Waals surface area contributed by atoms with E-state index in [9.17, 15) is 34.9 Å². The summed E-state index contributed by atoms with van der Waals surface area (Å²) in [6.07, 6.45) is 28.2. The number of unbranched alkanes of at least 4 members (excludes halogenated alkanes) is 16. The lowest BCUT2D eigenvalue weighted by atomic mass is 9.93. The summed E-state index contributed by atoms with van der Waals surface area (Å²) in [5.41, 5.74) is 0.776. The molecule has 0 aromatic heterocycles. The fourth-order valence-electron chi connectivity index (χ4n) is 5.27. The van der Waals surface area contributed by atoms with E-state index < -0.39 is 27.7 Å². The smallest absolute Gasteiger partial charge is 0.310 e. The van der Waals surface area contributed by atoms with E-state index in [2.05, 4.69) is 26.0 Å². The Morgan fingerprint density at radius 1 is 0.600 bits per heavy atom. The third kappa shape index (κ3) is 26.8. The molecule has 1 unspecified atom stereocenters. The van der Waals surface area contributed by atoms with Gasteiger partial charge in [0.25, 0.3) is 11.4 Å². The van der Waals surface area contributed by atoms with E-state index in [0.29, 0.717) is 18.4 Å². The van der Waals surface area contributed by atoms with Gasteiger partial charge in [-0.1, -0.05) is 153 Å². The number of hydrogen-bond acceptors (Lipinski definition) is 6. The minimum atomic E-state index is -0.857. The summed E-state index contributed by atoms with van der Waals surface area (Å²) < 4.78 is 0. The first-order valence-electron chi connectivity index (χ1n) is 18.7. The highest BCUT2D eigenvalue weighted by molar-refractivity contribution is 5.76. The summed E-state index contributed by atoms with van der Waals surface area (Å²) >= 11 is 0. The van der Waals surface area contributed by atoms with Gasteiger partial charge in [0, 0.05) is 30.7 Å². The normalized spacial score (nSPS) is 11.2. The van der Waals surface area contributed by atoms with Crippen LogP contribution >= 0.6 is 0 Å². The fraction of sp³-hybridized carbons (Fsp3) is 0.600. The number of nitro benzene ring substituents is 2. The molecule has 10 nitrogen and oxygen atoms in total. The van der Waals surface area contributed by atoms with Crippen molar-refractivity contribution in [3.63, 3.8) is 0 Å². The molecule has 0 aliphatic carbocycles. The molecule has 2 rings (SSSR count). The lowest BCUT2D eigenvalue weighted by Gasteiger charge is -2.12. The maximum absolute atomic E-state index is 11.5. The molecule has 1 atom stereocenters. The second-order valence-electron chi connectivity index (χ2n) is 12.6. The standard InChI is InChI=1S/C20H31NO4.C14H26O2.C6H5NO2/c1-2-3-4-5-6-7-8-9-10-11-12-19(20(22)23)17-13-15-18(16-14-17)21(24)25;1-2-3-4-5-6-7-8-9-10-11-12-13-14(15)16;8-7(9)6-4-2-1-3-5-6/h13-16,19H,2-12H2,1H3,(H,22,23);5-6H,2-4,7-13H2,1H3,(H,15,16);1-5H/b;6-5-;. The molecular weight excluding hydrogens is 636 g/mol. The van der Waals surface area contributed by atoms with Crippen LogP contribution in [0.3, 0.4) is 0 Å². The molecule has 2 aromatic rings. The fourth-order valence-corrected chi connectivity index (χ4v) is 5.27. The average Bonchev–Trinajstić information content (AvgIpc) is 3.10. The second-order valence-corrected chi connectivity index (χ2v) is 12.6. The molecule has 280 valence electrons. The summed E-state index contributed by atoms with van der Waals surface area (Å²) in [4.78, 5) is 41.5. The molecule has 0 bridgehead atoms. The van der Waals surface area contributed by atoms with E-state index in [1.54, 1.807) is 30.3 Å². The monoisotopic (exact) mass is 698 g/mol. The van der Waals surface area contributed by atoms with Crippen LogP contribution in [-0.4, -0.2) is 32.0 Å². The van der Waals surface area contributed by atoms with Crippen LogP contribution in [0.5, 0.6) is 0 Å². The summed E-state index contributed by atoms with van der Waals surface area (Å²) in [6.45, 7) is 4.44. The number of carboxylic acid groups (broad SMARTS) is 2. The van der Waals surface area contributed by atoms with E-state index in [1.807, 2.05) is 0 Å². The number of nitrogens with zero attached hydrogens (tertiary/aromatic N) is 2. The highest BCUT2D eigenvalue weighted by Gasteiger charge is 2.20. The molecule has 0 radical (unpaired) electrons. The van der Waals surface area contributed by atoms with Crippen molar-refractivity contribution in [3.05, 3.63) is 92.5 Å². The number of para-hydroxylation sites is 1. The number of non-ortho nitro benzene ring substituents is 2. The highest BCUT2D eigenvalue weighted by Crippen LogP contribution is 2.25. The summed E-state index contributed by atoms with van der Waals surface area (Å²) in [5.74, 6) is -2.10. The Kier molecular flexibility index (Phi) is 29.5. The van der Waals surface area contributed by atoms with Gasteiger partial charge in [-0.2, -0.15) is 0 Å². The van der Waals surface area contributed by atoms with Crippen molar-refractivity contribution in [3.8, 4) is 0 Å². The van der Waals surface area contributed by atoms with Crippen molar-refractivity contribution in [1.29, 1.82) is 0 Å². The van der Waals surface area contributed by atoms with Crippen molar-refractivity contribution < 1.29 is 29.6 Å². The van der Waals surface area contributed by atoms with Crippen LogP contribution in [0.1, 0.15) is 160 Å². The number of benzene rings is 2. The Bertz CT molecular complexity index is 1190. The average molecular weight is 699 g/mol. The molecule has 50 heavy (non-hydrogen) atoms. The van der Waals surface area contributed by atoms with E-state index in [-0.39, 0.29) is 11.4 Å². The number of hydrogen-bond donors (Lipinski definition) is 2. The molecule has 10 heteroatoms. The van der Waals surface area contributed by atoms with Crippen LogP contribution < -0.4 is 0 Å². The lowest BCUT2D eigenvalue weighted by molar-refractivity contribution is -0.385. The van der Waals surface area contributed by atoms with Gasteiger partial charge in [-0.05, 0) is 37.7 Å². The number of allylic oxidation sites excluding steroid dienone is 2. The molecule has 0 aliphatic heterocycles. The van der Waals surface area contributed by atoms with E-state index in [1.165, 1.54) is 114 Å². The van der Waals surface area contributed by atoms with Crippen LogP contribution in [0, 0.1) is 20.2 Å². The Labute approximate surface area is 299 Å². The zero-order valence-electron chi connectivity index (χ0n) is 30.5. The molecule has 0 spiro atoms. The second kappa shape index (κ2) is 32.1. The topological polar surface area (TPSA) is 161 Å². The number of aliphatic carboxylic acids is 2. The Morgan fingerprint density at radius 3 is 1.50 bits per heavy atom. The number of carbonyl (C=O) groups is 2. The number of rotatable bonds is 26. The molecule has 0 heterocycles. The van der Waals surface area contributed by atoms with Crippen LogP contribution in [0.2, 0.25) is 0 Å². The largest absolute Gasteiger partial charge is 0.481 e. The predicted octanol–water partition coefficient (Wildman–Crippen LogP) is 12.2. The van der Waals surface area contributed by atoms with Gasteiger partial charge in [-0.25, -0.2) is 0 Å². The third-order valence-electron chi connectivity index (χ3n) is 8.27. The number of carboxylic acids is 2. The van der Waals surface area contributed by atoms with Crippen LogP contribution in [0.4, 0.5) is 11.4 Å². The van der Waals surface area contributed by atoms with Gasteiger partial charge in [0.15, 0.2) is 0 Å². The summed E-state index contributed by atoms with van der Waals surface area (Å²) in [7, 11) is 0. The lowest BCUT2D eigenvalue weighted by Crippen LogP contribution is -2.11. The van der Waals surface area contributed by atoms with E-state index in [4.69, 9.17) is 5.11 Å². The van der Waals surface area contributed by atoms with E-state index >= 15 is 0 Å². The van der Waals surface area contributed by atoms with Gasteiger partial charge in [0.05, 0.1) is 15.8 Å². The van der Waals surface area contributed by atoms with Gasteiger partial charge in [0.1, 0.15) is 0 Å². The summed E-state index contributed by atoms with van der Waals surface area (Å²) in [5, 5.41) is 38.5. The molecule has 0 saturated heterocycles. The minimum absolute atomic E-state index is 0.00757. The molecule has 0 saturated carbocycles. The molecular formula is C40H62N2O8. The molecule has 0 fully saturated rings. The minimum Gasteiger partial charge on any atom is -0.481 e. The SMILES string of the molecule is CCCC/C=C\CCCCCCCC(=O)O.CCCCCCCCCCCCC(C(=O)O)c1ccc([N+](=O)[O-])cc1.O=[N+]([O-])c1ccccc1. The molecule has 2 N–H and O–H groups in total. The highest BCUT2D eigenvalue weighted by atomic mass is 16.6. The zero-order chi connectivity index (χ0) is 37.2. The third-order valence-corrected chi connectivity index (χ3v) is 8.27. The van der Waals surface area contributed by atoms with Crippen molar-refractivity contribution >= 4 is 23.3 Å². The Hall–Kier alpha value is -4.08. The zero-order valence-corrected chi connectivity index (χ0v) is 30.5. The van der Waals surface area contributed by atoms with Crippen molar-refractivity contribution in [1.82, 2.24) is 0 Å². The van der Waals surface area contributed by atoms with Crippen LogP contribution in [0.15, 0.2) is 66.7 Å². The van der Waals surface area contributed by atoms with Gasteiger partial charge < -0.3 is 10.2 Å². The molecule has 0 aliphatic rings. The van der Waals surface area contributed by atoms with Crippen LogP contribution in [0.25, 0.3) is 0 Å². The van der Waals surface area contributed by atoms with Gasteiger partial charge >= 0.3 is 11.9 Å². The van der Waals surface area contributed by atoms with Crippen molar-refractivity contribution in [2.24, 2.45) is 0 Å². The summed E-state index contributed by atoms with van der Waals surface area (Å²) in [6, 6.07) is 13.8. The van der Waals surface area contributed by atoms with Gasteiger partial charge in [0.2, 0.25) is 0 Å². The predicted molar refractivity (Wildman–Crippen MR) is 202 cm³/mol. The van der Waals surface area contributed by atoms with Gasteiger partial charge in [-0.15, -0.1) is 0 Å². The quantitative estimate of drug-likeness (QED) is 0.0424. The van der Waals surface area contributed by atoms with Gasteiger partial charge in [-0.3, -0.25) is 29.8 Å². The first-order chi connectivity index (χ1) is 24.1. The maximum Gasteiger partial charge on any atom is 0.310 e. The Morgan fingerprint density at radius 2 is 1.04 bits per heavy atom. The first-order valence-corrected chi connectivity index (χ1v) is 18.7. The van der Waals surface area contributed by atoms with Crippen molar-refractivity contribution in [2.75, 3.05) is 0 Å². The number of nitro groups is 2. The van der Waals surface area contributed by atoms with E-state index in [0.717, 1.165) is 32.1 Å². The Balaban J connectivity index is 0.000000814. The van der Waals surface area contributed by atoms with Crippen LogP contribution in [-0.2, 0) is 9.59 Å². The molecule has 2 aromatic carbocycles. The first kappa shape index (κ1) is 45.9.